The van der Waals surface area contributed by atoms with Crippen LogP contribution in [0.1, 0.15) is 30.3 Å². The van der Waals surface area contributed by atoms with Crippen LogP contribution in [0, 0.1) is 20.8 Å². The van der Waals surface area contributed by atoms with Crippen molar-refractivity contribution in [1.29, 1.82) is 0 Å². The molecular weight excluding hydrogens is 320 g/mol. The van der Waals surface area contributed by atoms with Crippen LogP contribution in [0.2, 0.25) is 0 Å². The van der Waals surface area contributed by atoms with Gasteiger partial charge in [-0.2, -0.15) is 0 Å². The summed E-state index contributed by atoms with van der Waals surface area (Å²) in [5.74, 6) is 0.726. The lowest BCUT2D eigenvalue weighted by Gasteiger charge is -2.10. The Labute approximate surface area is 144 Å². The Morgan fingerprint density at radius 2 is 1.96 bits per heavy atom. The molecule has 0 saturated heterocycles. The highest BCUT2D eigenvalue weighted by atomic mass is 32.1. The first-order valence-electron chi connectivity index (χ1n) is 7.94. The molecule has 3 rings (SSSR count). The van der Waals surface area contributed by atoms with Crippen LogP contribution >= 0.6 is 11.3 Å². The summed E-state index contributed by atoms with van der Waals surface area (Å²) >= 11 is 1.49. The van der Waals surface area contributed by atoms with Crippen molar-refractivity contribution < 1.29 is 4.79 Å². The summed E-state index contributed by atoms with van der Waals surface area (Å²) in [6.07, 6.45) is 0.344. The van der Waals surface area contributed by atoms with Gasteiger partial charge >= 0.3 is 0 Å². The zero-order valence-electron chi connectivity index (χ0n) is 14.3. The van der Waals surface area contributed by atoms with Crippen LogP contribution < -0.4 is 5.56 Å². The Kier molecular flexibility index (Phi) is 4.37. The number of rotatable bonds is 4. The number of aromatic nitrogens is 2. The lowest BCUT2D eigenvalue weighted by Crippen LogP contribution is -2.24. The fraction of sp³-hybridized carbons (Fsp3) is 0.316. The van der Waals surface area contributed by atoms with E-state index in [4.69, 9.17) is 0 Å². The molecule has 24 heavy (non-hydrogen) atoms. The Bertz CT molecular complexity index is 999. The average Bonchev–Trinajstić information content (AvgIpc) is 2.90. The summed E-state index contributed by atoms with van der Waals surface area (Å²) in [7, 11) is 0. The van der Waals surface area contributed by atoms with Gasteiger partial charge in [-0.05, 0) is 38.8 Å². The predicted octanol–water partition coefficient (Wildman–Crippen LogP) is 4.03. The van der Waals surface area contributed by atoms with Gasteiger partial charge in [0.15, 0.2) is 0 Å². The Balaban J connectivity index is 2.22. The quantitative estimate of drug-likeness (QED) is 0.720. The van der Waals surface area contributed by atoms with Gasteiger partial charge in [0.05, 0.1) is 5.39 Å². The summed E-state index contributed by atoms with van der Waals surface area (Å²) in [6.45, 7) is 7.85. The minimum absolute atomic E-state index is 0.0602. The molecule has 0 unspecified atom stereocenters. The summed E-state index contributed by atoms with van der Waals surface area (Å²) < 4.78 is 1.61. The van der Waals surface area contributed by atoms with Crippen molar-refractivity contribution in [2.45, 2.75) is 40.7 Å². The maximum Gasteiger partial charge on any atom is 0.262 e. The van der Waals surface area contributed by atoms with Crippen molar-refractivity contribution in [2.24, 2.45) is 0 Å². The number of thiophene rings is 1. The van der Waals surface area contributed by atoms with E-state index < -0.39 is 0 Å². The minimum Gasteiger partial charge on any atom is -0.300 e. The number of Topliss-reactive ketones (excluding diaryl/α,β-unsaturated/α-hetero) is 1. The van der Waals surface area contributed by atoms with Crippen molar-refractivity contribution in [3.8, 4) is 11.1 Å². The van der Waals surface area contributed by atoms with Crippen LogP contribution in [0.25, 0.3) is 21.3 Å². The van der Waals surface area contributed by atoms with Gasteiger partial charge in [0.25, 0.3) is 5.56 Å². The first-order chi connectivity index (χ1) is 11.4. The van der Waals surface area contributed by atoms with E-state index in [-0.39, 0.29) is 11.3 Å². The first-order valence-corrected chi connectivity index (χ1v) is 8.82. The standard InChI is InChI=1S/C19H20N2O2S/c1-11-5-6-15(12(2)9-11)16-10-24-18-17(16)19(23)21(14(4)20-18)8-7-13(3)22/h5-6,9-10H,7-8H2,1-4H3. The topological polar surface area (TPSA) is 52.0 Å². The normalized spacial score (nSPS) is 11.2. The monoisotopic (exact) mass is 340 g/mol. The van der Waals surface area contributed by atoms with E-state index >= 15 is 0 Å². The van der Waals surface area contributed by atoms with Crippen molar-refractivity contribution in [2.75, 3.05) is 0 Å². The zero-order chi connectivity index (χ0) is 17.4. The molecule has 0 aliphatic carbocycles. The molecule has 0 fully saturated rings. The number of fused-ring (bicyclic) bond motifs is 1. The minimum atomic E-state index is -0.0602. The van der Waals surface area contributed by atoms with E-state index in [1.807, 2.05) is 12.3 Å². The number of carbonyl (C=O) groups is 1. The Hall–Kier alpha value is -2.27. The van der Waals surface area contributed by atoms with Gasteiger partial charge in [-0.1, -0.05) is 23.8 Å². The molecule has 0 N–H and O–H groups in total. The van der Waals surface area contributed by atoms with Gasteiger partial charge in [0.2, 0.25) is 0 Å². The second-order valence-corrected chi connectivity index (χ2v) is 7.07. The number of hydrogen-bond acceptors (Lipinski definition) is 4. The highest BCUT2D eigenvalue weighted by molar-refractivity contribution is 7.17. The first kappa shape index (κ1) is 16.6. The third kappa shape index (κ3) is 2.91. The van der Waals surface area contributed by atoms with Crippen LogP contribution in [0.15, 0.2) is 28.4 Å². The molecule has 1 aromatic carbocycles. The second-order valence-electron chi connectivity index (χ2n) is 6.22. The molecular formula is C19H20N2O2S. The number of ketones is 1. The molecule has 0 aliphatic rings. The molecule has 0 saturated carbocycles. The second kappa shape index (κ2) is 6.32. The lowest BCUT2D eigenvalue weighted by atomic mass is 9.99. The van der Waals surface area contributed by atoms with E-state index in [0.717, 1.165) is 21.5 Å². The molecule has 0 spiro atoms. The van der Waals surface area contributed by atoms with Crippen molar-refractivity contribution >= 4 is 27.3 Å². The molecule has 5 heteroatoms. The molecule has 0 bridgehead atoms. The molecule has 0 amide bonds. The summed E-state index contributed by atoms with van der Waals surface area (Å²) in [5, 5.41) is 2.66. The summed E-state index contributed by atoms with van der Waals surface area (Å²) in [4.78, 5) is 29.6. The Morgan fingerprint density at radius 3 is 2.62 bits per heavy atom. The van der Waals surface area contributed by atoms with E-state index in [1.54, 1.807) is 4.57 Å². The largest absolute Gasteiger partial charge is 0.300 e. The molecule has 4 nitrogen and oxygen atoms in total. The van der Waals surface area contributed by atoms with Crippen LogP contribution in [-0.4, -0.2) is 15.3 Å². The van der Waals surface area contributed by atoms with Crippen LogP contribution in [0.3, 0.4) is 0 Å². The number of benzene rings is 1. The van der Waals surface area contributed by atoms with Gasteiger partial charge in [-0.25, -0.2) is 4.98 Å². The highest BCUT2D eigenvalue weighted by Gasteiger charge is 2.16. The zero-order valence-corrected chi connectivity index (χ0v) is 15.2. The third-order valence-electron chi connectivity index (χ3n) is 4.24. The number of carbonyl (C=O) groups excluding carboxylic acids is 1. The van der Waals surface area contributed by atoms with Crippen molar-refractivity contribution in [3.05, 3.63) is 50.9 Å². The summed E-state index contributed by atoms with van der Waals surface area (Å²) in [5.41, 5.74) is 4.28. The van der Waals surface area contributed by atoms with Crippen LogP contribution in [-0.2, 0) is 11.3 Å². The van der Waals surface area contributed by atoms with E-state index in [1.165, 1.54) is 23.8 Å². The van der Waals surface area contributed by atoms with Gasteiger partial charge in [0.1, 0.15) is 16.4 Å². The maximum absolute atomic E-state index is 13.0. The number of aryl methyl sites for hydroxylation is 3. The molecule has 0 atom stereocenters. The maximum atomic E-state index is 13.0. The van der Waals surface area contributed by atoms with Gasteiger partial charge < -0.3 is 0 Å². The molecule has 0 radical (unpaired) electrons. The van der Waals surface area contributed by atoms with Crippen molar-refractivity contribution in [1.82, 2.24) is 9.55 Å². The fourth-order valence-corrected chi connectivity index (χ4v) is 3.95. The van der Waals surface area contributed by atoms with E-state index in [2.05, 4.69) is 37.0 Å². The number of hydrogen-bond donors (Lipinski definition) is 0. The molecule has 3 aromatic rings. The lowest BCUT2D eigenvalue weighted by molar-refractivity contribution is -0.117. The van der Waals surface area contributed by atoms with Crippen molar-refractivity contribution in [3.63, 3.8) is 0 Å². The van der Waals surface area contributed by atoms with Gasteiger partial charge in [-0.3, -0.25) is 14.2 Å². The number of nitrogens with zero attached hydrogens (tertiary/aromatic N) is 2. The molecule has 0 aliphatic heterocycles. The Morgan fingerprint density at radius 1 is 1.21 bits per heavy atom. The smallest absolute Gasteiger partial charge is 0.262 e. The molecule has 2 heterocycles. The fourth-order valence-electron chi connectivity index (χ4n) is 2.97. The van der Waals surface area contributed by atoms with Crippen LogP contribution in [0.4, 0.5) is 0 Å². The van der Waals surface area contributed by atoms with E-state index in [9.17, 15) is 9.59 Å². The third-order valence-corrected chi connectivity index (χ3v) is 5.12. The predicted molar refractivity (Wildman–Crippen MR) is 98.8 cm³/mol. The molecule has 2 aromatic heterocycles. The average molecular weight is 340 g/mol. The molecule has 124 valence electrons. The highest BCUT2D eigenvalue weighted by Crippen LogP contribution is 2.33. The SMILES string of the molecule is CC(=O)CCn1c(C)nc2scc(-c3ccc(C)cc3C)c2c1=O. The summed E-state index contributed by atoms with van der Waals surface area (Å²) in [6, 6.07) is 6.24. The van der Waals surface area contributed by atoms with Crippen LogP contribution in [0.5, 0.6) is 0 Å². The van der Waals surface area contributed by atoms with Gasteiger partial charge in [0, 0.05) is 23.9 Å². The van der Waals surface area contributed by atoms with E-state index in [0.29, 0.717) is 24.2 Å². The van der Waals surface area contributed by atoms with Gasteiger partial charge in [-0.15, -0.1) is 11.3 Å².